The molecule has 190 valence electrons. The second kappa shape index (κ2) is 9.06. The third-order valence-corrected chi connectivity index (χ3v) is 7.44. The number of cyclic esters (lactones) is 1. The smallest absolute Gasteiger partial charge is 0.342 e. The molecule has 3 aromatic carbocycles. The number of anilines is 2. The van der Waals surface area contributed by atoms with E-state index in [0.29, 0.717) is 11.3 Å². The van der Waals surface area contributed by atoms with Crippen LogP contribution in [0, 0.1) is 6.92 Å². The number of aromatic nitrogens is 2. The fourth-order valence-electron chi connectivity index (χ4n) is 5.67. The first-order valence-electron chi connectivity index (χ1n) is 12.9. The number of hydrogen-bond donors (Lipinski definition) is 1. The van der Waals surface area contributed by atoms with E-state index in [1.165, 1.54) is 0 Å². The van der Waals surface area contributed by atoms with Crippen molar-refractivity contribution in [2.45, 2.75) is 26.1 Å². The fourth-order valence-corrected chi connectivity index (χ4v) is 5.67. The maximum absolute atomic E-state index is 13.3. The number of rotatable bonds is 6. The lowest BCUT2D eigenvalue weighted by atomic mass is 9.93. The summed E-state index contributed by atoms with van der Waals surface area (Å²) in [6, 6.07) is 28.4. The number of carbonyl (C=O) groups excluding carboxylic acids is 1. The van der Waals surface area contributed by atoms with Gasteiger partial charge in [-0.15, -0.1) is 0 Å². The van der Waals surface area contributed by atoms with Gasteiger partial charge in [-0.25, -0.2) is 4.79 Å². The summed E-state index contributed by atoms with van der Waals surface area (Å²) in [7, 11) is 4.06. The Morgan fingerprint density at radius 1 is 0.921 bits per heavy atom. The highest BCUT2D eigenvalue weighted by Gasteiger charge is 2.51. The van der Waals surface area contributed by atoms with Crippen LogP contribution < -0.4 is 10.2 Å². The Morgan fingerprint density at radius 2 is 1.63 bits per heavy atom. The Labute approximate surface area is 222 Å². The van der Waals surface area contributed by atoms with Crippen molar-refractivity contribution in [3.63, 3.8) is 0 Å². The molecule has 0 spiro atoms. The van der Waals surface area contributed by atoms with Crippen LogP contribution in [-0.2, 0) is 17.0 Å². The lowest BCUT2D eigenvalue weighted by Crippen LogP contribution is -2.38. The van der Waals surface area contributed by atoms with Crippen LogP contribution in [0.1, 0.15) is 34.2 Å². The van der Waals surface area contributed by atoms with Crippen LogP contribution in [0.2, 0.25) is 0 Å². The van der Waals surface area contributed by atoms with Crippen molar-refractivity contribution in [1.29, 1.82) is 0 Å². The van der Waals surface area contributed by atoms with Gasteiger partial charge in [0.05, 0.1) is 11.1 Å². The van der Waals surface area contributed by atoms with Gasteiger partial charge >= 0.3 is 5.97 Å². The number of ether oxygens (including phenoxy) is 1. The van der Waals surface area contributed by atoms with Gasteiger partial charge in [0.25, 0.3) is 5.72 Å². The quantitative estimate of drug-likeness (QED) is 0.266. The summed E-state index contributed by atoms with van der Waals surface area (Å²) in [6.45, 7) is 5.01. The molecule has 6 nitrogen and oxygen atoms in total. The van der Waals surface area contributed by atoms with Crippen molar-refractivity contribution in [2.24, 2.45) is 0 Å². The molecular formula is C32H30N4O2. The third-order valence-electron chi connectivity index (χ3n) is 7.44. The first-order valence-corrected chi connectivity index (χ1v) is 12.9. The number of carbonyl (C=O) groups is 1. The molecular weight excluding hydrogens is 472 g/mol. The fraction of sp³-hybridized carbons (Fsp3) is 0.188. The van der Waals surface area contributed by atoms with Crippen molar-refractivity contribution in [3.05, 3.63) is 114 Å². The summed E-state index contributed by atoms with van der Waals surface area (Å²) in [5.41, 5.74) is 6.82. The minimum absolute atomic E-state index is 0.388. The highest BCUT2D eigenvalue weighted by molar-refractivity contribution is 5.98. The summed E-state index contributed by atoms with van der Waals surface area (Å²) in [5, 5.41) is 4.73. The average Bonchev–Trinajstić information content (AvgIpc) is 3.39. The van der Waals surface area contributed by atoms with Gasteiger partial charge in [-0.2, -0.15) is 0 Å². The molecule has 0 fully saturated rings. The predicted molar refractivity (Wildman–Crippen MR) is 153 cm³/mol. The van der Waals surface area contributed by atoms with E-state index in [1.54, 1.807) is 18.3 Å². The van der Waals surface area contributed by atoms with Crippen LogP contribution in [0.25, 0.3) is 22.0 Å². The number of benzene rings is 3. The van der Waals surface area contributed by atoms with Crippen LogP contribution in [0.3, 0.4) is 0 Å². The lowest BCUT2D eigenvalue weighted by molar-refractivity contribution is 0.0206. The molecule has 3 heterocycles. The van der Waals surface area contributed by atoms with Gasteiger partial charge in [0.1, 0.15) is 5.69 Å². The van der Waals surface area contributed by atoms with Gasteiger partial charge in [0.2, 0.25) is 0 Å². The molecule has 2 aromatic heterocycles. The number of nitrogens with zero attached hydrogens (tertiary/aromatic N) is 3. The Balaban J connectivity index is 1.59. The van der Waals surface area contributed by atoms with Gasteiger partial charge in [-0.3, -0.25) is 4.98 Å². The number of pyridine rings is 1. The van der Waals surface area contributed by atoms with E-state index in [9.17, 15) is 4.79 Å². The van der Waals surface area contributed by atoms with E-state index in [2.05, 4.69) is 71.1 Å². The monoisotopic (exact) mass is 502 g/mol. The topological polar surface area (TPSA) is 59.4 Å². The minimum atomic E-state index is -1.29. The van der Waals surface area contributed by atoms with Gasteiger partial charge < -0.3 is 19.5 Å². The van der Waals surface area contributed by atoms with Crippen molar-refractivity contribution in [3.8, 4) is 11.1 Å². The summed E-state index contributed by atoms with van der Waals surface area (Å²) >= 11 is 0. The van der Waals surface area contributed by atoms with E-state index in [-0.39, 0.29) is 5.97 Å². The summed E-state index contributed by atoms with van der Waals surface area (Å²) in [6.07, 6.45) is 1.72. The maximum Gasteiger partial charge on any atom is 0.342 e. The van der Waals surface area contributed by atoms with E-state index in [4.69, 9.17) is 9.72 Å². The van der Waals surface area contributed by atoms with E-state index in [1.807, 2.05) is 44.4 Å². The van der Waals surface area contributed by atoms with Crippen LogP contribution >= 0.6 is 0 Å². The highest BCUT2D eigenvalue weighted by atomic mass is 16.6. The summed E-state index contributed by atoms with van der Waals surface area (Å²) < 4.78 is 8.62. The molecule has 0 radical (unpaired) electrons. The van der Waals surface area contributed by atoms with Crippen molar-refractivity contribution >= 4 is 28.2 Å². The number of para-hydroxylation sites is 2. The average molecular weight is 503 g/mol. The lowest BCUT2D eigenvalue weighted by Gasteiger charge is -2.32. The number of aryl methyl sites for hydroxylation is 1. The largest absolute Gasteiger partial charge is 0.425 e. The molecule has 0 aliphatic carbocycles. The molecule has 1 N–H and O–H groups in total. The SMILES string of the molecule is CCn1c(C)c(C2(Nc3ccccc3-c3ccc(N(C)C)cc3)OC(=O)c3cccnc32)c2ccccc21. The van der Waals surface area contributed by atoms with E-state index in [0.717, 1.165) is 51.2 Å². The predicted octanol–water partition coefficient (Wildman–Crippen LogP) is 6.58. The van der Waals surface area contributed by atoms with Crippen molar-refractivity contribution < 1.29 is 9.53 Å². The summed E-state index contributed by atoms with van der Waals surface area (Å²) in [5.74, 6) is -0.388. The molecule has 1 aliphatic heterocycles. The number of esters is 1. The highest BCUT2D eigenvalue weighted by Crippen LogP contribution is 2.47. The number of hydrogen-bond acceptors (Lipinski definition) is 5. The molecule has 1 unspecified atom stereocenters. The van der Waals surface area contributed by atoms with E-state index < -0.39 is 5.72 Å². The standard InChI is InChI=1S/C32H30N4O2/c1-5-36-21(2)29(25-12-7-9-15-28(25)36)32(30-26(31(37)38-32)13-10-20-33-30)34-27-14-8-6-11-24(27)22-16-18-23(19-17-22)35(3)4/h6-20,34H,5H2,1-4H3. The van der Waals surface area contributed by atoms with Crippen molar-refractivity contribution in [2.75, 3.05) is 24.3 Å². The number of fused-ring (bicyclic) bond motifs is 2. The molecule has 6 heteroatoms. The first kappa shape index (κ1) is 23.8. The Kier molecular flexibility index (Phi) is 5.68. The number of nitrogens with one attached hydrogen (secondary N) is 1. The van der Waals surface area contributed by atoms with Gasteiger partial charge in [-0.1, -0.05) is 48.5 Å². The van der Waals surface area contributed by atoms with E-state index >= 15 is 0 Å². The summed E-state index contributed by atoms with van der Waals surface area (Å²) in [4.78, 5) is 20.1. The molecule has 1 atom stereocenters. The van der Waals surface area contributed by atoms with Crippen LogP contribution in [0.4, 0.5) is 11.4 Å². The second-order valence-electron chi connectivity index (χ2n) is 9.80. The Bertz CT molecular complexity index is 1670. The van der Waals surface area contributed by atoms with Gasteiger partial charge in [0.15, 0.2) is 0 Å². The zero-order valence-corrected chi connectivity index (χ0v) is 22.0. The third kappa shape index (κ3) is 3.56. The van der Waals surface area contributed by atoms with Gasteiger partial charge in [-0.05, 0) is 55.8 Å². The minimum Gasteiger partial charge on any atom is -0.425 e. The van der Waals surface area contributed by atoms with Crippen LogP contribution in [-0.4, -0.2) is 29.6 Å². The second-order valence-corrected chi connectivity index (χ2v) is 9.80. The first-order chi connectivity index (χ1) is 18.4. The van der Waals surface area contributed by atoms with Gasteiger partial charge in [0, 0.05) is 60.4 Å². The molecule has 5 aromatic rings. The molecule has 0 bridgehead atoms. The van der Waals surface area contributed by atoms with Crippen LogP contribution in [0.15, 0.2) is 91.1 Å². The molecule has 0 saturated heterocycles. The molecule has 38 heavy (non-hydrogen) atoms. The maximum atomic E-state index is 13.3. The van der Waals surface area contributed by atoms with Crippen LogP contribution in [0.5, 0.6) is 0 Å². The molecule has 0 amide bonds. The molecule has 0 saturated carbocycles. The normalized spacial score (nSPS) is 16.4. The zero-order valence-electron chi connectivity index (χ0n) is 22.0. The molecule has 6 rings (SSSR count). The molecule has 1 aliphatic rings. The zero-order chi connectivity index (χ0) is 26.4. The van der Waals surface area contributed by atoms with Crippen molar-refractivity contribution in [1.82, 2.24) is 9.55 Å². The Hall–Kier alpha value is -4.58. The Morgan fingerprint density at radius 3 is 2.39 bits per heavy atom.